The molecule has 2 rings (SSSR count). The maximum atomic E-state index is 5.09. The number of methoxy groups -OCH3 is 1. The Morgan fingerprint density at radius 1 is 1.48 bits per heavy atom. The first-order valence-electron chi connectivity index (χ1n) is 7.56. The molecule has 0 atom stereocenters. The lowest BCUT2D eigenvalue weighted by Crippen LogP contribution is -2.29. The van der Waals surface area contributed by atoms with Gasteiger partial charge in [-0.05, 0) is 12.8 Å². The van der Waals surface area contributed by atoms with Gasteiger partial charge in [-0.15, -0.1) is 11.3 Å². The van der Waals surface area contributed by atoms with Gasteiger partial charge >= 0.3 is 0 Å². The topological polar surface area (TPSA) is 41.8 Å². The van der Waals surface area contributed by atoms with Gasteiger partial charge in [-0.1, -0.05) is 13.8 Å². The maximum absolute atomic E-state index is 5.09. The van der Waals surface area contributed by atoms with Crippen LogP contribution < -0.4 is 10.2 Å². The Bertz CT molecular complexity index is 549. The summed E-state index contributed by atoms with van der Waals surface area (Å²) in [5.41, 5.74) is 1.24. The molecule has 21 heavy (non-hydrogen) atoms. The molecular weight excluding hydrogens is 284 g/mol. The number of nitrogens with one attached hydrogen (secondary N) is 1. The van der Waals surface area contributed by atoms with Crippen LogP contribution in [0.3, 0.4) is 0 Å². The summed E-state index contributed by atoms with van der Waals surface area (Å²) in [6.45, 7) is 11.1. The van der Waals surface area contributed by atoms with Gasteiger partial charge in [-0.25, -0.2) is 4.98 Å². The Labute approximate surface area is 130 Å². The van der Waals surface area contributed by atoms with Crippen LogP contribution in [0.1, 0.15) is 26.5 Å². The van der Waals surface area contributed by atoms with Crippen LogP contribution in [0.2, 0.25) is 0 Å². The highest BCUT2D eigenvalue weighted by atomic mass is 32.1. The average molecular weight is 310 g/mol. The first kappa shape index (κ1) is 16.3. The van der Waals surface area contributed by atoms with Crippen molar-refractivity contribution in [3.8, 4) is 0 Å². The van der Waals surface area contributed by atoms with Crippen LogP contribution >= 0.6 is 11.3 Å². The lowest BCUT2D eigenvalue weighted by molar-refractivity contribution is 0.199. The van der Waals surface area contributed by atoms with Crippen molar-refractivity contribution >= 4 is 22.1 Å². The van der Waals surface area contributed by atoms with Crippen molar-refractivity contribution in [3.05, 3.63) is 17.3 Å². The zero-order valence-electron chi connectivity index (χ0n) is 13.4. The smallest absolute Gasteiger partial charge is 0.195 e. The van der Waals surface area contributed by atoms with Gasteiger partial charge in [-0.2, -0.15) is 0 Å². The van der Waals surface area contributed by atoms with Gasteiger partial charge in [0.1, 0.15) is 0 Å². The SMILES string of the molecule is CCN(CC(C)C)c1nc2sccn2c1CNCCOC. The third-order valence-electron chi connectivity index (χ3n) is 3.38. The summed E-state index contributed by atoms with van der Waals surface area (Å²) in [6.07, 6.45) is 2.10. The van der Waals surface area contributed by atoms with E-state index in [4.69, 9.17) is 9.72 Å². The van der Waals surface area contributed by atoms with Crippen molar-refractivity contribution in [2.45, 2.75) is 27.3 Å². The van der Waals surface area contributed by atoms with Crippen molar-refractivity contribution in [2.24, 2.45) is 5.92 Å². The molecule has 0 aliphatic heterocycles. The average Bonchev–Trinajstić information content (AvgIpc) is 3.02. The molecule has 1 N–H and O–H groups in total. The molecule has 0 spiro atoms. The molecule has 2 aromatic heterocycles. The molecule has 0 aliphatic rings. The monoisotopic (exact) mass is 310 g/mol. The fraction of sp³-hybridized carbons (Fsp3) is 0.667. The molecule has 0 bridgehead atoms. The van der Waals surface area contributed by atoms with Crippen molar-refractivity contribution in [1.82, 2.24) is 14.7 Å². The minimum atomic E-state index is 0.624. The Kier molecular flexibility index (Phi) is 6.02. The van der Waals surface area contributed by atoms with Crippen LogP contribution in [-0.2, 0) is 11.3 Å². The zero-order chi connectivity index (χ0) is 15.2. The second-order valence-corrected chi connectivity index (χ2v) is 6.41. The van der Waals surface area contributed by atoms with E-state index in [1.54, 1.807) is 18.4 Å². The van der Waals surface area contributed by atoms with Crippen molar-refractivity contribution in [2.75, 3.05) is 38.3 Å². The van der Waals surface area contributed by atoms with Gasteiger partial charge in [0.25, 0.3) is 0 Å². The standard InChI is InChI=1S/C15H26N4OS/c1-5-18(11-12(2)3)14-13(10-16-6-8-20-4)19-7-9-21-15(19)17-14/h7,9,12,16H,5-6,8,10-11H2,1-4H3. The molecular formula is C15H26N4OS. The van der Waals surface area contributed by atoms with Crippen LogP contribution in [0.25, 0.3) is 4.96 Å². The number of ether oxygens (including phenoxy) is 1. The van der Waals surface area contributed by atoms with E-state index < -0.39 is 0 Å². The molecule has 0 saturated heterocycles. The second-order valence-electron chi connectivity index (χ2n) is 5.54. The van der Waals surface area contributed by atoms with Gasteiger partial charge in [0.2, 0.25) is 0 Å². The van der Waals surface area contributed by atoms with Crippen molar-refractivity contribution in [3.63, 3.8) is 0 Å². The number of hydrogen-bond acceptors (Lipinski definition) is 5. The Morgan fingerprint density at radius 3 is 2.95 bits per heavy atom. The van der Waals surface area contributed by atoms with E-state index in [2.05, 4.69) is 47.0 Å². The van der Waals surface area contributed by atoms with Crippen LogP contribution in [0.5, 0.6) is 0 Å². The number of fused-ring (bicyclic) bond motifs is 1. The number of anilines is 1. The fourth-order valence-electron chi connectivity index (χ4n) is 2.43. The molecule has 0 amide bonds. The Hall–Kier alpha value is -1.11. The Morgan fingerprint density at radius 2 is 2.29 bits per heavy atom. The van der Waals surface area contributed by atoms with E-state index in [0.717, 1.165) is 43.6 Å². The highest BCUT2D eigenvalue weighted by Gasteiger charge is 2.18. The molecule has 0 radical (unpaired) electrons. The van der Waals surface area contributed by atoms with E-state index >= 15 is 0 Å². The molecule has 0 fully saturated rings. The number of hydrogen-bond donors (Lipinski definition) is 1. The van der Waals surface area contributed by atoms with E-state index in [-0.39, 0.29) is 0 Å². The van der Waals surface area contributed by atoms with Crippen LogP contribution in [0.4, 0.5) is 5.82 Å². The fourth-order valence-corrected chi connectivity index (χ4v) is 3.15. The molecule has 118 valence electrons. The second kappa shape index (κ2) is 7.77. The molecule has 0 aromatic carbocycles. The van der Waals surface area contributed by atoms with Gasteiger partial charge in [0.05, 0.1) is 12.3 Å². The van der Waals surface area contributed by atoms with Gasteiger partial charge in [-0.3, -0.25) is 4.40 Å². The normalized spacial score (nSPS) is 11.7. The highest BCUT2D eigenvalue weighted by Crippen LogP contribution is 2.25. The number of rotatable bonds is 9. The molecule has 6 heteroatoms. The highest BCUT2D eigenvalue weighted by molar-refractivity contribution is 7.15. The quantitative estimate of drug-likeness (QED) is 0.723. The summed E-state index contributed by atoms with van der Waals surface area (Å²) < 4.78 is 7.29. The van der Waals surface area contributed by atoms with Gasteiger partial charge in [0.15, 0.2) is 10.8 Å². The molecule has 2 aromatic rings. The molecule has 5 nitrogen and oxygen atoms in total. The largest absolute Gasteiger partial charge is 0.383 e. The van der Waals surface area contributed by atoms with E-state index in [1.165, 1.54) is 5.69 Å². The minimum Gasteiger partial charge on any atom is -0.383 e. The maximum Gasteiger partial charge on any atom is 0.195 e. The lowest BCUT2D eigenvalue weighted by atomic mass is 10.2. The predicted octanol–water partition coefficient (Wildman–Crippen LogP) is 2.61. The van der Waals surface area contributed by atoms with Gasteiger partial charge in [0, 0.05) is 44.9 Å². The minimum absolute atomic E-state index is 0.624. The molecule has 2 heterocycles. The lowest BCUT2D eigenvalue weighted by Gasteiger charge is -2.24. The summed E-state index contributed by atoms with van der Waals surface area (Å²) in [7, 11) is 1.73. The van der Waals surface area contributed by atoms with Crippen LogP contribution in [0, 0.1) is 5.92 Å². The number of nitrogens with zero attached hydrogens (tertiary/aromatic N) is 3. The van der Waals surface area contributed by atoms with Crippen molar-refractivity contribution in [1.29, 1.82) is 0 Å². The summed E-state index contributed by atoms with van der Waals surface area (Å²) in [4.78, 5) is 8.27. The molecule has 0 saturated carbocycles. The van der Waals surface area contributed by atoms with Crippen LogP contribution in [-0.4, -0.2) is 42.7 Å². The molecule has 0 aliphatic carbocycles. The van der Waals surface area contributed by atoms with Crippen LogP contribution in [0.15, 0.2) is 11.6 Å². The van der Waals surface area contributed by atoms with Gasteiger partial charge < -0.3 is 15.0 Å². The third kappa shape index (κ3) is 3.96. The first-order chi connectivity index (χ1) is 10.2. The summed E-state index contributed by atoms with van der Waals surface area (Å²) in [5.74, 6) is 1.74. The summed E-state index contributed by atoms with van der Waals surface area (Å²) >= 11 is 1.69. The zero-order valence-corrected chi connectivity index (χ0v) is 14.2. The van der Waals surface area contributed by atoms with E-state index in [1.807, 2.05) is 0 Å². The number of aromatic nitrogens is 2. The summed E-state index contributed by atoms with van der Waals surface area (Å²) in [5, 5.41) is 5.52. The van der Waals surface area contributed by atoms with E-state index in [9.17, 15) is 0 Å². The number of thiazole rings is 1. The number of imidazole rings is 1. The molecule has 0 unspecified atom stereocenters. The third-order valence-corrected chi connectivity index (χ3v) is 4.14. The summed E-state index contributed by atoms with van der Waals surface area (Å²) in [6, 6.07) is 0. The van der Waals surface area contributed by atoms with Crippen molar-refractivity contribution < 1.29 is 4.74 Å². The predicted molar refractivity (Wildman–Crippen MR) is 89.4 cm³/mol. The Balaban J connectivity index is 2.22. The first-order valence-corrected chi connectivity index (χ1v) is 8.44. The van der Waals surface area contributed by atoms with E-state index in [0.29, 0.717) is 5.92 Å².